The predicted octanol–water partition coefficient (Wildman–Crippen LogP) is 2.62. The highest BCUT2D eigenvalue weighted by molar-refractivity contribution is 5.91. The Morgan fingerprint density at radius 3 is 2.84 bits per heavy atom. The molecule has 0 unspecified atom stereocenters. The fourth-order valence-corrected chi connectivity index (χ4v) is 4.05. The van der Waals surface area contributed by atoms with Crippen LogP contribution in [0.2, 0.25) is 0 Å². The summed E-state index contributed by atoms with van der Waals surface area (Å²) in [6.07, 6.45) is 5.55. The summed E-state index contributed by atoms with van der Waals surface area (Å²) in [5.74, 6) is 1.66. The molecule has 3 atom stereocenters. The molecule has 4 heterocycles. The van der Waals surface area contributed by atoms with Crippen molar-refractivity contribution >= 4 is 5.91 Å². The van der Waals surface area contributed by atoms with Crippen molar-refractivity contribution in [1.82, 2.24) is 9.80 Å². The molecule has 2 aromatic heterocycles. The van der Waals surface area contributed by atoms with Crippen LogP contribution in [0.4, 0.5) is 0 Å². The minimum atomic E-state index is -0.0366. The lowest BCUT2D eigenvalue weighted by atomic mass is 9.84. The van der Waals surface area contributed by atoms with E-state index in [2.05, 4.69) is 11.9 Å². The zero-order valence-electron chi connectivity index (χ0n) is 14.5. The van der Waals surface area contributed by atoms with Crippen LogP contribution in [0.15, 0.2) is 45.6 Å². The van der Waals surface area contributed by atoms with Gasteiger partial charge < -0.3 is 18.5 Å². The van der Waals surface area contributed by atoms with E-state index in [0.29, 0.717) is 24.8 Å². The highest BCUT2D eigenvalue weighted by Crippen LogP contribution is 2.32. The van der Waals surface area contributed by atoms with E-state index in [1.165, 1.54) is 0 Å². The Labute approximate surface area is 147 Å². The number of hydrogen-bond acceptors (Lipinski definition) is 5. The number of furan rings is 2. The predicted molar refractivity (Wildman–Crippen MR) is 91.0 cm³/mol. The summed E-state index contributed by atoms with van der Waals surface area (Å²) in [6, 6.07) is 7.50. The Morgan fingerprint density at radius 2 is 2.08 bits per heavy atom. The summed E-state index contributed by atoms with van der Waals surface area (Å²) < 4.78 is 16.9. The van der Waals surface area contributed by atoms with Crippen molar-refractivity contribution in [3.63, 3.8) is 0 Å². The molecule has 0 spiro atoms. The number of carbonyl (C=O) groups is 1. The van der Waals surface area contributed by atoms with E-state index in [1.54, 1.807) is 24.7 Å². The average Bonchev–Trinajstić information content (AvgIpc) is 3.34. The van der Waals surface area contributed by atoms with E-state index in [-0.39, 0.29) is 18.1 Å². The molecule has 6 heteroatoms. The zero-order valence-corrected chi connectivity index (χ0v) is 14.5. The number of fused-ring (bicyclic) bond motifs is 1. The van der Waals surface area contributed by atoms with Crippen LogP contribution in [0.5, 0.6) is 0 Å². The smallest absolute Gasteiger partial charge is 0.289 e. The summed E-state index contributed by atoms with van der Waals surface area (Å²) in [7, 11) is 2.07. The van der Waals surface area contributed by atoms with Crippen molar-refractivity contribution < 1.29 is 18.4 Å². The molecule has 25 heavy (non-hydrogen) atoms. The van der Waals surface area contributed by atoms with Gasteiger partial charge in [0.25, 0.3) is 5.91 Å². The van der Waals surface area contributed by atoms with Crippen LogP contribution in [0.3, 0.4) is 0 Å². The SMILES string of the molecule is CN(Cc1ccco1)[C@H]1CN(C(=O)c2ccco2)C[C@@H]2CCCO[C@H]21. The van der Waals surface area contributed by atoms with E-state index < -0.39 is 0 Å². The number of ether oxygens (including phenoxy) is 1. The van der Waals surface area contributed by atoms with Gasteiger partial charge in [-0.25, -0.2) is 0 Å². The largest absolute Gasteiger partial charge is 0.468 e. The van der Waals surface area contributed by atoms with Crippen molar-refractivity contribution in [1.29, 1.82) is 0 Å². The van der Waals surface area contributed by atoms with Crippen LogP contribution in [0.25, 0.3) is 0 Å². The molecular formula is C19H24N2O4. The lowest BCUT2D eigenvalue weighted by Crippen LogP contribution is -2.61. The quantitative estimate of drug-likeness (QED) is 0.853. The maximum absolute atomic E-state index is 12.8. The van der Waals surface area contributed by atoms with Gasteiger partial charge in [-0.3, -0.25) is 9.69 Å². The first-order valence-corrected chi connectivity index (χ1v) is 8.89. The summed E-state index contributed by atoms with van der Waals surface area (Å²) in [6.45, 7) is 2.87. The molecule has 2 fully saturated rings. The van der Waals surface area contributed by atoms with E-state index >= 15 is 0 Å². The molecule has 2 saturated heterocycles. The van der Waals surface area contributed by atoms with Gasteiger partial charge in [-0.1, -0.05) is 0 Å². The van der Waals surface area contributed by atoms with Gasteiger partial charge in [0, 0.05) is 25.6 Å². The third-order valence-corrected chi connectivity index (χ3v) is 5.31. The van der Waals surface area contributed by atoms with Gasteiger partial charge in [0.1, 0.15) is 5.76 Å². The summed E-state index contributed by atoms with van der Waals surface area (Å²) >= 11 is 0. The van der Waals surface area contributed by atoms with Gasteiger partial charge in [0.05, 0.1) is 31.2 Å². The molecule has 2 aromatic rings. The molecule has 0 saturated carbocycles. The standard InChI is InChI=1S/C19H24N2O4/c1-20(12-15-6-3-8-23-15)16-13-21(19(22)17-7-4-9-24-17)11-14-5-2-10-25-18(14)16/h3-4,6-9,14,16,18H,2,5,10-13H2,1H3/t14-,16-,18+/m0/s1. The van der Waals surface area contributed by atoms with Crippen molar-refractivity contribution in [3.8, 4) is 0 Å². The van der Waals surface area contributed by atoms with Gasteiger partial charge >= 0.3 is 0 Å². The topological polar surface area (TPSA) is 59.1 Å². The first kappa shape index (κ1) is 16.4. The van der Waals surface area contributed by atoms with Crippen molar-refractivity contribution in [2.24, 2.45) is 5.92 Å². The van der Waals surface area contributed by atoms with Crippen LogP contribution in [0.1, 0.15) is 29.2 Å². The van der Waals surface area contributed by atoms with Gasteiger partial charge in [-0.2, -0.15) is 0 Å². The maximum Gasteiger partial charge on any atom is 0.289 e. The normalized spacial score (nSPS) is 26.6. The monoisotopic (exact) mass is 344 g/mol. The third-order valence-electron chi connectivity index (χ3n) is 5.31. The first-order valence-electron chi connectivity index (χ1n) is 8.89. The Bertz CT molecular complexity index is 682. The molecule has 0 aromatic carbocycles. The minimum Gasteiger partial charge on any atom is -0.468 e. The van der Waals surface area contributed by atoms with Crippen molar-refractivity contribution in [2.45, 2.75) is 31.5 Å². The molecule has 0 bridgehead atoms. The van der Waals surface area contributed by atoms with Crippen LogP contribution in [-0.4, -0.2) is 54.6 Å². The van der Waals surface area contributed by atoms with E-state index in [1.807, 2.05) is 17.0 Å². The summed E-state index contributed by atoms with van der Waals surface area (Å²) in [5.41, 5.74) is 0. The number of rotatable bonds is 4. The minimum absolute atomic E-state index is 0.0366. The molecule has 4 rings (SSSR count). The number of nitrogens with zero attached hydrogens (tertiary/aromatic N) is 2. The van der Waals surface area contributed by atoms with Crippen molar-refractivity contribution in [2.75, 3.05) is 26.7 Å². The molecule has 134 valence electrons. The number of piperidine rings is 1. The summed E-state index contributed by atoms with van der Waals surface area (Å²) in [4.78, 5) is 16.9. The van der Waals surface area contributed by atoms with E-state index in [9.17, 15) is 4.79 Å². The average molecular weight is 344 g/mol. The maximum atomic E-state index is 12.8. The second kappa shape index (κ2) is 7.06. The van der Waals surface area contributed by atoms with Gasteiger partial charge in [-0.05, 0) is 44.2 Å². The molecule has 2 aliphatic heterocycles. The van der Waals surface area contributed by atoms with E-state index in [4.69, 9.17) is 13.6 Å². The number of amides is 1. The summed E-state index contributed by atoms with van der Waals surface area (Å²) in [5, 5.41) is 0. The molecule has 0 N–H and O–H groups in total. The Hall–Kier alpha value is -2.05. The van der Waals surface area contributed by atoms with Gasteiger partial charge in [0.15, 0.2) is 5.76 Å². The number of hydrogen-bond donors (Lipinski definition) is 0. The van der Waals surface area contributed by atoms with Gasteiger partial charge in [-0.15, -0.1) is 0 Å². The lowest BCUT2D eigenvalue weighted by Gasteiger charge is -2.48. The fourth-order valence-electron chi connectivity index (χ4n) is 4.05. The Kier molecular flexibility index (Phi) is 4.63. The molecular weight excluding hydrogens is 320 g/mol. The molecule has 0 radical (unpaired) electrons. The number of carbonyl (C=O) groups excluding carboxylic acids is 1. The van der Waals surface area contributed by atoms with Gasteiger partial charge in [0.2, 0.25) is 0 Å². The number of likely N-dealkylation sites (tertiary alicyclic amines) is 1. The zero-order chi connectivity index (χ0) is 17.2. The second-order valence-electron chi connectivity index (χ2n) is 6.99. The Balaban J connectivity index is 1.53. The molecule has 2 aliphatic rings. The fraction of sp³-hybridized carbons (Fsp3) is 0.526. The third kappa shape index (κ3) is 3.37. The van der Waals surface area contributed by atoms with Crippen LogP contribution >= 0.6 is 0 Å². The van der Waals surface area contributed by atoms with E-state index in [0.717, 1.165) is 31.8 Å². The molecule has 1 amide bonds. The second-order valence-corrected chi connectivity index (χ2v) is 6.99. The van der Waals surface area contributed by atoms with Crippen LogP contribution in [-0.2, 0) is 11.3 Å². The van der Waals surface area contributed by atoms with Crippen LogP contribution in [0, 0.1) is 5.92 Å². The highest BCUT2D eigenvalue weighted by atomic mass is 16.5. The van der Waals surface area contributed by atoms with Crippen molar-refractivity contribution in [3.05, 3.63) is 48.3 Å². The first-order chi connectivity index (χ1) is 12.2. The number of likely N-dealkylation sites (N-methyl/N-ethyl adjacent to an activating group) is 1. The molecule has 6 nitrogen and oxygen atoms in total. The highest BCUT2D eigenvalue weighted by Gasteiger charge is 2.43. The lowest BCUT2D eigenvalue weighted by molar-refractivity contribution is -0.106. The molecule has 0 aliphatic carbocycles. The Morgan fingerprint density at radius 1 is 1.24 bits per heavy atom. The van der Waals surface area contributed by atoms with Crippen LogP contribution < -0.4 is 0 Å².